The first-order chi connectivity index (χ1) is 7.33. The largest absolute Gasteiger partial charge is 0.360 e. The van der Waals surface area contributed by atoms with Crippen LogP contribution in [0.2, 0.25) is 0 Å². The Balaban J connectivity index is 2.71. The molecule has 0 fully saturated rings. The summed E-state index contributed by atoms with van der Waals surface area (Å²) in [4.78, 5) is 14.6. The Morgan fingerprint density at radius 2 is 2.20 bits per heavy atom. The van der Waals surface area contributed by atoms with Crippen LogP contribution < -0.4 is 5.43 Å². The Bertz CT molecular complexity index is 557. The number of rotatable bonds is 2. The molecule has 3 heteroatoms. The number of thiol groups is 1. The van der Waals surface area contributed by atoms with E-state index in [1.165, 1.54) is 6.07 Å². The Morgan fingerprint density at radius 3 is 3.00 bits per heavy atom. The summed E-state index contributed by atoms with van der Waals surface area (Å²) < 4.78 is 0. The number of nitrogens with one attached hydrogen (secondary N) is 1. The van der Waals surface area contributed by atoms with Gasteiger partial charge in [-0.1, -0.05) is 24.3 Å². The van der Waals surface area contributed by atoms with Crippen LogP contribution in [0.15, 0.2) is 41.3 Å². The molecule has 2 rings (SSSR count). The van der Waals surface area contributed by atoms with Gasteiger partial charge in [0.2, 0.25) is 0 Å². The van der Waals surface area contributed by atoms with Crippen molar-refractivity contribution in [3.8, 4) is 0 Å². The van der Waals surface area contributed by atoms with Crippen LogP contribution in [0, 0.1) is 0 Å². The first-order valence-corrected chi connectivity index (χ1v) is 5.34. The topological polar surface area (TPSA) is 32.9 Å². The minimum atomic E-state index is 0.0462. The number of aromatic amines is 1. The third-order valence-corrected chi connectivity index (χ3v) is 2.44. The SMILES string of the molecule is O=c1cc[nH]c2c(C=CCS)cccc12. The predicted molar refractivity (Wildman–Crippen MR) is 67.5 cm³/mol. The van der Waals surface area contributed by atoms with Crippen LogP contribution in [0.3, 0.4) is 0 Å². The molecule has 0 aliphatic heterocycles. The highest BCUT2D eigenvalue weighted by atomic mass is 32.1. The zero-order valence-electron chi connectivity index (χ0n) is 8.10. The number of fused-ring (bicyclic) bond motifs is 1. The van der Waals surface area contributed by atoms with E-state index >= 15 is 0 Å². The van der Waals surface area contributed by atoms with Crippen molar-refractivity contribution in [2.24, 2.45) is 0 Å². The maximum absolute atomic E-state index is 11.5. The second-order valence-electron chi connectivity index (χ2n) is 3.20. The van der Waals surface area contributed by atoms with Gasteiger partial charge in [-0.25, -0.2) is 0 Å². The van der Waals surface area contributed by atoms with Crippen LogP contribution >= 0.6 is 12.6 Å². The third-order valence-electron chi connectivity index (χ3n) is 2.23. The standard InChI is InChI=1S/C12H11NOS/c14-11-6-7-13-12-9(4-2-8-15)3-1-5-10(11)12/h1-7,15H,8H2,(H,13,14). The molecule has 0 aliphatic rings. The van der Waals surface area contributed by atoms with Crippen LogP contribution in [0.5, 0.6) is 0 Å². The lowest BCUT2D eigenvalue weighted by molar-refractivity contribution is 1.38. The molecule has 0 unspecified atom stereocenters. The van der Waals surface area contributed by atoms with Crippen LogP contribution in [0.25, 0.3) is 17.0 Å². The number of H-pyrrole nitrogens is 1. The Kier molecular flexibility index (Phi) is 2.92. The van der Waals surface area contributed by atoms with Gasteiger partial charge in [-0.3, -0.25) is 4.79 Å². The smallest absolute Gasteiger partial charge is 0.189 e. The molecular weight excluding hydrogens is 206 g/mol. The number of pyridine rings is 1. The molecule has 0 saturated heterocycles. The van der Waals surface area contributed by atoms with Crippen LogP contribution in [-0.4, -0.2) is 10.7 Å². The van der Waals surface area contributed by atoms with Gasteiger partial charge >= 0.3 is 0 Å². The van der Waals surface area contributed by atoms with Crippen LogP contribution in [-0.2, 0) is 0 Å². The molecule has 0 amide bonds. The molecule has 2 nitrogen and oxygen atoms in total. The molecule has 0 bridgehead atoms. The summed E-state index contributed by atoms with van der Waals surface area (Å²) in [6.07, 6.45) is 5.58. The Morgan fingerprint density at radius 1 is 1.33 bits per heavy atom. The summed E-state index contributed by atoms with van der Waals surface area (Å²) in [6.45, 7) is 0. The molecular formula is C12H11NOS. The molecule has 2 aromatic rings. The highest BCUT2D eigenvalue weighted by Gasteiger charge is 1.99. The fraction of sp³-hybridized carbons (Fsp3) is 0.0833. The van der Waals surface area contributed by atoms with Crippen molar-refractivity contribution in [3.63, 3.8) is 0 Å². The lowest BCUT2D eigenvalue weighted by Crippen LogP contribution is -2.00. The fourth-order valence-electron chi connectivity index (χ4n) is 1.55. The highest BCUT2D eigenvalue weighted by molar-refractivity contribution is 7.80. The van der Waals surface area contributed by atoms with Gasteiger partial charge in [0.1, 0.15) is 0 Å². The zero-order chi connectivity index (χ0) is 10.7. The van der Waals surface area contributed by atoms with E-state index < -0.39 is 0 Å². The maximum atomic E-state index is 11.5. The van der Waals surface area contributed by atoms with Crippen molar-refractivity contribution in [1.29, 1.82) is 0 Å². The van der Waals surface area contributed by atoms with E-state index in [4.69, 9.17) is 0 Å². The zero-order valence-corrected chi connectivity index (χ0v) is 9.00. The second kappa shape index (κ2) is 4.36. The van der Waals surface area contributed by atoms with E-state index in [-0.39, 0.29) is 5.43 Å². The lowest BCUT2D eigenvalue weighted by atomic mass is 10.1. The van der Waals surface area contributed by atoms with E-state index in [0.29, 0.717) is 5.75 Å². The first kappa shape index (κ1) is 10.1. The van der Waals surface area contributed by atoms with Gasteiger partial charge in [0.05, 0.1) is 5.52 Å². The molecule has 1 heterocycles. The van der Waals surface area contributed by atoms with E-state index in [1.807, 2.05) is 30.4 Å². The summed E-state index contributed by atoms with van der Waals surface area (Å²) in [7, 11) is 0. The van der Waals surface area contributed by atoms with Crippen molar-refractivity contribution in [3.05, 3.63) is 52.3 Å². The maximum Gasteiger partial charge on any atom is 0.189 e. The first-order valence-electron chi connectivity index (χ1n) is 4.71. The van der Waals surface area contributed by atoms with Crippen molar-refractivity contribution in [1.82, 2.24) is 4.98 Å². The van der Waals surface area contributed by atoms with Gasteiger partial charge in [0.15, 0.2) is 5.43 Å². The van der Waals surface area contributed by atoms with Gasteiger partial charge in [-0.05, 0) is 11.6 Å². The van der Waals surface area contributed by atoms with Crippen molar-refractivity contribution >= 4 is 29.6 Å². The average Bonchev–Trinajstić information content (AvgIpc) is 2.27. The summed E-state index contributed by atoms with van der Waals surface area (Å²) in [5, 5.41) is 0.721. The van der Waals surface area contributed by atoms with Gasteiger partial charge in [0, 0.05) is 23.4 Å². The summed E-state index contributed by atoms with van der Waals surface area (Å²) >= 11 is 4.11. The van der Waals surface area contributed by atoms with E-state index in [2.05, 4.69) is 17.6 Å². The number of hydrogen-bond acceptors (Lipinski definition) is 2. The molecule has 1 N–H and O–H groups in total. The molecule has 0 spiro atoms. The van der Waals surface area contributed by atoms with Crippen molar-refractivity contribution < 1.29 is 0 Å². The average molecular weight is 217 g/mol. The summed E-state index contributed by atoms with van der Waals surface area (Å²) in [6, 6.07) is 7.22. The predicted octanol–water partition coefficient (Wildman–Crippen LogP) is 2.47. The summed E-state index contributed by atoms with van der Waals surface area (Å²) in [5.74, 6) is 0.688. The minimum absolute atomic E-state index is 0.0462. The molecule has 15 heavy (non-hydrogen) atoms. The second-order valence-corrected chi connectivity index (χ2v) is 3.56. The van der Waals surface area contributed by atoms with Gasteiger partial charge < -0.3 is 4.98 Å². The molecule has 1 aromatic carbocycles. The molecule has 0 radical (unpaired) electrons. The van der Waals surface area contributed by atoms with Gasteiger partial charge in [-0.2, -0.15) is 12.6 Å². The van der Waals surface area contributed by atoms with Crippen molar-refractivity contribution in [2.75, 3.05) is 5.75 Å². The molecule has 76 valence electrons. The van der Waals surface area contributed by atoms with Crippen LogP contribution in [0.1, 0.15) is 5.56 Å². The van der Waals surface area contributed by atoms with Crippen molar-refractivity contribution in [2.45, 2.75) is 0 Å². The van der Waals surface area contributed by atoms with E-state index in [0.717, 1.165) is 16.5 Å². The van der Waals surface area contributed by atoms with E-state index in [9.17, 15) is 4.79 Å². The summed E-state index contributed by atoms with van der Waals surface area (Å²) in [5.41, 5.74) is 1.94. The Hall–Kier alpha value is -1.48. The number of para-hydroxylation sites is 1. The lowest BCUT2D eigenvalue weighted by Gasteiger charge is -2.00. The molecule has 0 saturated carbocycles. The quantitative estimate of drug-likeness (QED) is 0.744. The highest BCUT2D eigenvalue weighted by Crippen LogP contribution is 2.14. The van der Waals surface area contributed by atoms with Crippen LogP contribution in [0.4, 0.5) is 0 Å². The molecule has 0 atom stereocenters. The third kappa shape index (κ3) is 1.97. The number of aromatic nitrogens is 1. The van der Waals surface area contributed by atoms with E-state index in [1.54, 1.807) is 6.20 Å². The fourth-order valence-corrected chi connectivity index (χ4v) is 1.65. The number of hydrogen-bond donors (Lipinski definition) is 2. The van der Waals surface area contributed by atoms with Gasteiger partial charge in [-0.15, -0.1) is 0 Å². The normalized spacial score (nSPS) is 11.3. The Labute approximate surface area is 93.1 Å². The molecule has 0 aliphatic carbocycles. The monoisotopic (exact) mass is 217 g/mol. The van der Waals surface area contributed by atoms with Gasteiger partial charge in [0.25, 0.3) is 0 Å². The molecule has 1 aromatic heterocycles. The number of benzene rings is 1. The minimum Gasteiger partial charge on any atom is -0.360 e.